The van der Waals surface area contributed by atoms with Gasteiger partial charge in [0.05, 0.1) is 12.7 Å². The van der Waals surface area contributed by atoms with Gasteiger partial charge < -0.3 is 9.84 Å². The molecule has 1 aromatic carbocycles. The Bertz CT molecular complexity index is 341. The standard InChI is InChI=1S/C15H24O2/c1-5-13(6-2)10-17-15-8-7-11(3)9-14(15)12(4)16/h7-9,12-13,16H,5-6,10H2,1-4H3/t12-/m1/s1. The van der Waals surface area contributed by atoms with E-state index < -0.39 is 6.10 Å². The molecule has 2 nitrogen and oxygen atoms in total. The number of benzene rings is 1. The maximum atomic E-state index is 9.73. The zero-order chi connectivity index (χ0) is 12.8. The van der Waals surface area contributed by atoms with Crippen molar-refractivity contribution in [3.8, 4) is 5.75 Å². The van der Waals surface area contributed by atoms with Gasteiger partial charge in [-0.15, -0.1) is 0 Å². The molecule has 0 heterocycles. The van der Waals surface area contributed by atoms with Gasteiger partial charge in [0.2, 0.25) is 0 Å². The van der Waals surface area contributed by atoms with Crippen molar-refractivity contribution >= 4 is 0 Å². The molecule has 0 aliphatic heterocycles. The van der Waals surface area contributed by atoms with Gasteiger partial charge in [-0.05, 0) is 31.9 Å². The van der Waals surface area contributed by atoms with Crippen molar-refractivity contribution < 1.29 is 9.84 Å². The number of aliphatic hydroxyl groups excluding tert-OH is 1. The summed E-state index contributed by atoms with van der Waals surface area (Å²) < 4.78 is 5.84. The van der Waals surface area contributed by atoms with Crippen LogP contribution in [0, 0.1) is 12.8 Å². The van der Waals surface area contributed by atoms with Gasteiger partial charge in [-0.3, -0.25) is 0 Å². The van der Waals surface area contributed by atoms with Crippen molar-refractivity contribution in [3.63, 3.8) is 0 Å². The smallest absolute Gasteiger partial charge is 0.125 e. The molecule has 0 fully saturated rings. The molecular formula is C15H24O2. The van der Waals surface area contributed by atoms with Crippen LogP contribution in [0.2, 0.25) is 0 Å². The predicted molar refractivity (Wildman–Crippen MR) is 71.4 cm³/mol. The lowest BCUT2D eigenvalue weighted by atomic mass is 10.0. The molecule has 1 atom stereocenters. The van der Waals surface area contributed by atoms with Crippen molar-refractivity contribution in [2.75, 3.05) is 6.61 Å². The fourth-order valence-corrected chi connectivity index (χ4v) is 1.86. The first-order valence-electron chi connectivity index (χ1n) is 6.49. The van der Waals surface area contributed by atoms with Crippen LogP contribution in [0.3, 0.4) is 0 Å². The number of hydrogen-bond donors (Lipinski definition) is 1. The van der Waals surface area contributed by atoms with Crippen molar-refractivity contribution in [1.29, 1.82) is 0 Å². The van der Waals surface area contributed by atoms with Gasteiger partial charge >= 0.3 is 0 Å². The molecule has 0 saturated carbocycles. The van der Waals surface area contributed by atoms with Crippen LogP contribution in [-0.2, 0) is 0 Å². The summed E-state index contributed by atoms with van der Waals surface area (Å²) in [5, 5.41) is 9.73. The highest BCUT2D eigenvalue weighted by Gasteiger charge is 2.11. The Morgan fingerprint density at radius 3 is 2.41 bits per heavy atom. The largest absolute Gasteiger partial charge is 0.493 e. The van der Waals surface area contributed by atoms with Crippen molar-refractivity contribution in [1.82, 2.24) is 0 Å². The third kappa shape index (κ3) is 4.04. The zero-order valence-corrected chi connectivity index (χ0v) is 11.4. The third-order valence-electron chi connectivity index (χ3n) is 3.24. The molecule has 2 heteroatoms. The van der Waals surface area contributed by atoms with E-state index in [1.165, 1.54) is 0 Å². The maximum Gasteiger partial charge on any atom is 0.125 e. The zero-order valence-electron chi connectivity index (χ0n) is 11.4. The van der Waals surface area contributed by atoms with E-state index in [2.05, 4.69) is 13.8 Å². The summed E-state index contributed by atoms with van der Waals surface area (Å²) in [5.41, 5.74) is 2.03. The van der Waals surface area contributed by atoms with Crippen LogP contribution in [0.4, 0.5) is 0 Å². The van der Waals surface area contributed by atoms with Gasteiger partial charge in [-0.1, -0.05) is 38.3 Å². The van der Waals surface area contributed by atoms with Crippen LogP contribution in [-0.4, -0.2) is 11.7 Å². The van der Waals surface area contributed by atoms with E-state index in [1.807, 2.05) is 25.1 Å². The number of aryl methyl sites for hydroxylation is 1. The molecular weight excluding hydrogens is 212 g/mol. The molecule has 0 saturated heterocycles. The first-order valence-corrected chi connectivity index (χ1v) is 6.49. The van der Waals surface area contributed by atoms with E-state index in [4.69, 9.17) is 4.74 Å². The summed E-state index contributed by atoms with van der Waals surface area (Å²) in [5.74, 6) is 1.41. The molecule has 17 heavy (non-hydrogen) atoms. The molecule has 0 aliphatic carbocycles. The van der Waals surface area contributed by atoms with Gasteiger partial charge in [0.25, 0.3) is 0 Å². The van der Waals surface area contributed by atoms with Gasteiger partial charge in [0.1, 0.15) is 5.75 Å². The SMILES string of the molecule is CCC(CC)COc1ccc(C)cc1[C@@H](C)O. The van der Waals surface area contributed by atoms with Crippen LogP contribution in [0.1, 0.15) is 50.8 Å². The topological polar surface area (TPSA) is 29.5 Å². The lowest BCUT2D eigenvalue weighted by Crippen LogP contribution is -2.11. The van der Waals surface area contributed by atoms with Crippen molar-refractivity contribution in [3.05, 3.63) is 29.3 Å². The summed E-state index contributed by atoms with van der Waals surface area (Å²) in [6.45, 7) is 8.90. The fourth-order valence-electron chi connectivity index (χ4n) is 1.86. The minimum Gasteiger partial charge on any atom is -0.493 e. The van der Waals surface area contributed by atoms with E-state index in [1.54, 1.807) is 6.92 Å². The fraction of sp³-hybridized carbons (Fsp3) is 0.600. The van der Waals surface area contributed by atoms with Crippen LogP contribution < -0.4 is 4.74 Å². The van der Waals surface area contributed by atoms with Gasteiger partial charge in [-0.25, -0.2) is 0 Å². The maximum absolute atomic E-state index is 9.73. The summed E-state index contributed by atoms with van der Waals surface area (Å²) in [4.78, 5) is 0. The van der Waals surface area contributed by atoms with Crippen molar-refractivity contribution in [2.45, 2.75) is 46.6 Å². The van der Waals surface area contributed by atoms with Crippen LogP contribution in [0.15, 0.2) is 18.2 Å². The Balaban J connectivity index is 2.76. The summed E-state index contributed by atoms with van der Waals surface area (Å²) in [6.07, 6.45) is 1.78. The minimum absolute atomic E-state index is 0.480. The molecule has 1 aromatic rings. The van der Waals surface area contributed by atoms with Gasteiger partial charge in [0, 0.05) is 5.56 Å². The molecule has 0 spiro atoms. The molecule has 1 N–H and O–H groups in total. The Kier molecular flexibility index (Phi) is 5.49. The minimum atomic E-state index is -0.480. The van der Waals surface area contributed by atoms with Crippen LogP contribution in [0.5, 0.6) is 5.75 Å². The van der Waals surface area contributed by atoms with E-state index in [9.17, 15) is 5.11 Å². The number of hydrogen-bond acceptors (Lipinski definition) is 2. The van der Waals surface area contributed by atoms with Gasteiger partial charge in [0.15, 0.2) is 0 Å². The second-order valence-corrected chi connectivity index (χ2v) is 4.71. The van der Waals surface area contributed by atoms with E-state index in [0.717, 1.165) is 36.3 Å². The predicted octanol–water partition coefficient (Wildman–Crippen LogP) is 3.86. The first kappa shape index (κ1) is 14.0. The highest BCUT2D eigenvalue weighted by Crippen LogP contribution is 2.27. The van der Waals surface area contributed by atoms with Crippen LogP contribution in [0.25, 0.3) is 0 Å². The number of rotatable bonds is 6. The molecule has 0 unspecified atom stereocenters. The molecule has 0 amide bonds. The lowest BCUT2D eigenvalue weighted by molar-refractivity contribution is 0.184. The van der Waals surface area contributed by atoms with E-state index in [-0.39, 0.29) is 0 Å². The van der Waals surface area contributed by atoms with E-state index >= 15 is 0 Å². The number of ether oxygens (including phenoxy) is 1. The summed E-state index contributed by atoms with van der Waals surface area (Å²) in [6, 6.07) is 5.97. The Labute approximate surface area is 105 Å². The van der Waals surface area contributed by atoms with Crippen LogP contribution >= 0.6 is 0 Å². The molecule has 0 radical (unpaired) electrons. The second kappa shape index (κ2) is 6.65. The second-order valence-electron chi connectivity index (χ2n) is 4.71. The first-order chi connectivity index (χ1) is 8.08. The third-order valence-corrected chi connectivity index (χ3v) is 3.24. The Morgan fingerprint density at radius 2 is 1.88 bits per heavy atom. The monoisotopic (exact) mass is 236 g/mol. The molecule has 1 rings (SSSR count). The highest BCUT2D eigenvalue weighted by molar-refractivity contribution is 5.38. The normalized spacial score (nSPS) is 12.8. The molecule has 0 bridgehead atoms. The quantitative estimate of drug-likeness (QED) is 0.812. The molecule has 0 aromatic heterocycles. The van der Waals surface area contributed by atoms with Gasteiger partial charge in [-0.2, -0.15) is 0 Å². The summed E-state index contributed by atoms with van der Waals surface area (Å²) in [7, 11) is 0. The molecule has 0 aliphatic rings. The number of aliphatic hydroxyl groups is 1. The average molecular weight is 236 g/mol. The van der Waals surface area contributed by atoms with Crippen molar-refractivity contribution in [2.24, 2.45) is 5.92 Å². The summed E-state index contributed by atoms with van der Waals surface area (Å²) >= 11 is 0. The Hall–Kier alpha value is -1.02. The highest BCUT2D eigenvalue weighted by atomic mass is 16.5. The lowest BCUT2D eigenvalue weighted by Gasteiger charge is -2.17. The Morgan fingerprint density at radius 1 is 1.24 bits per heavy atom. The van der Waals surface area contributed by atoms with E-state index in [0.29, 0.717) is 5.92 Å². The average Bonchev–Trinajstić information content (AvgIpc) is 2.31. The molecule has 96 valence electrons.